The summed E-state index contributed by atoms with van der Waals surface area (Å²) in [5, 5.41) is 7.30. The Morgan fingerprint density at radius 1 is 1.20 bits per heavy atom. The van der Waals surface area contributed by atoms with Crippen LogP contribution in [-0.4, -0.2) is 43.1 Å². The predicted molar refractivity (Wildman–Crippen MR) is 117 cm³/mol. The molecule has 5 rings (SSSR count). The second kappa shape index (κ2) is 7.76. The Morgan fingerprint density at radius 3 is 2.80 bits per heavy atom. The number of hydrogen-bond donors (Lipinski definition) is 2. The molecule has 1 saturated heterocycles. The summed E-state index contributed by atoms with van der Waals surface area (Å²) in [7, 11) is 1.91. The molecule has 2 aromatic carbocycles. The van der Waals surface area contributed by atoms with Crippen LogP contribution < -0.4 is 5.32 Å². The summed E-state index contributed by atoms with van der Waals surface area (Å²) < 4.78 is 1.80. The van der Waals surface area contributed by atoms with Gasteiger partial charge in [0.1, 0.15) is 5.82 Å². The maximum Gasteiger partial charge on any atom is 0.241 e. The highest BCUT2D eigenvalue weighted by atomic mass is 16.2. The lowest BCUT2D eigenvalue weighted by Crippen LogP contribution is -2.39. The molecule has 4 aromatic rings. The Morgan fingerprint density at radius 2 is 2.03 bits per heavy atom. The summed E-state index contributed by atoms with van der Waals surface area (Å²) in [6, 6.07) is 15.7. The molecule has 1 fully saturated rings. The topological polar surface area (TPSA) is 78.8 Å². The molecule has 0 unspecified atom stereocenters. The van der Waals surface area contributed by atoms with E-state index in [4.69, 9.17) is 0 Å². The van der Waals surface area contributed by atoms with Crippen molar-refractivity contribution in [2.75, 3.05) is 11.9 Å². The third-order valence-corrected chi connectivity index (χ3v) is 5.63. The van der Waals surface area contributed by atoms with E-state index in [0.29, 0.717) is 0 Å². The summed E-state index contributed by atoms with van der Waals surface area (Å²) in [5.41, 5.74) is 4.88. The van der Waals surface area contributed by atoms with Crippen LogP contribution in [0.15, 0.2) is 60.9 Å². The maximum atomic E-state index is 12.9. The zero-order chi connectivity index (χ0) is 20.5. The third-order valence-electron chi connectivity index (χ3n) is 5.63. The van der Waals surface area contributed by atoms with Crippen LogP contribution in [0, 0.1) is 0 Å². The van der Waals surface area contributed by atoms with Crippen molar-refractivity contribution in [3.05, 3.63) is 66.5 Å². The Kier molecular flexibility index (Phi) is 4.80. The molecule has 1 amide bonds. The van der Waals surface area contributed by atoms with Gasteiger partial charge in [-0.2, -0.15) is 5.10 Å². The van der Waals surface area contributed by atoms with E-state index < -0.39 is 0 Å². The second-order valence-corrected chi connectivity index (χ2v) is 7.82. The molecule has 0 saturated carbocycles. The molecule has 0 aliphatic carbocycles. The molecular formula is C23H24N6O. The highest BCUT2D eigenvalue weighted by Gasteiger charge is 2.30. The van der Waals surface area contributed by atoms with Crippen molar-refractivity contribution in [2.24, 2.45) is 7.05 Å². The van der Waals surface area contributed by atoms with E-state index in [1.807, 2.05) is 68.0 Å². The van der Waals surface area contributed by atoms with Gasteiger partial charge >= 0.3 is 0 Å². The standard InChI is InChI=1S/C23H24N6O/c1-28-14-16(13-24-28)15-29-12-4-7-21(29)23(30)25-18-10-8-17(9-11-18)22-26-19-5-2-3-6-20(19)27-22/h2-3,5-6,8-11,13-14,21H,4,7,12,15H2,1H3,(H,25,30)(H,26,27)/t21-/m1/s1. The number of para-hydroxylation sites is 2. The molecule has 0 spiro atoms. The predicted octanol–water partition coefficient (Wildman–Crippen LogP) is 3.57. The van der Waals surface area contributed by atoms with Gasteiger partial charge < -0.3 is 10.3 Å². The Bertz CT molecular complexity index is 1140. The minimum Gasteiger partial charge on any atom is -0.338 e. The van der Waals surface area contributed by atoms with Gasteiger partial charge in [-0.25, -0.2) is 4.98 Å². The SMILES string of the molecule is Cn1cc(CN2CCC[C@@H]2C(=O)Nc2ccc(-c3nc4ccccc4[nH]3)cc2)cn1. The smallest absolute Gasteiger partial charge is 0.241 e. The van der Waals surface area contributed by atoms with Crippen LogP contribution in [-0.2, 0) is 18.4 Å². The first-order valence-electron chi connectivity index (χ1n) is 10.2. The van der Waals surface area contributed by atoms with Crippen molar-refractivity contribution < 1.29 is 4.79 Å². The first-order chi connectivity index (χ1) is 14.7. The molecule has 1 aliphatic heterocycles. The lowest BCUT2D eigenvalue weighted by Gasteiger charge is -2.23. The van der Waals surface area contributed by atoms with E-state index in [9.17, 15) is 4.79 Å². The number of aromatic amines is 1. The summed E-state index contributed by atoms with van der Waals surface area (Å²) in [6.07, 6.45) is 5.78. The van der Waals surface area contributed by atoms with Crippen LogP contribution in [0.25, 0.3) is 22.4 Å². The second-order valence-electron chi connectivity index (χ2n) is 7.82. The molecule has 0 bridgehead atoms. The van der Waals surface area contributed by atoms with Crippen LogP contribution in [0.3, 0.4) is 0 Å². The fourth-order valence-corrected chi connectivity index (χ4v) is 4.13. The van der Waals surface area contributed by atoms with Crippen molar-refractivity contribution in [1.29, 1.82) is 0 Å². The van der Waals surface area contributed by atoms with Crippen LogP contribution >= 0.6 is 0 Å². The van der Waals surface area contributed by atoms with Gasteiger partial charge in [-0.3, -0.25) is 14.4 Å². The molecule has 152 valence electrons. The molecule has 2 N–H and O–H groups in total. The summed E-state index contributed by atoms with van der Waals surface area (Å²) in [5.74, 6) is 0.875. The van der Waals surface area contributed by atoms with Crippen molar-refractivity contribution in [3.8, 4) is 11.4 Å². The molecule has 30 heavy (non-hydrogen) atoms. The number of aryl methyl sites for hydroxylation is 1. The van der Waals surface area contributed by atoms with Gasteiger partial charge in [0.2, 0.25) is 5.91 Å². The number of likely N-dealkylation sites (tertiary alicyclic amines) is 1. The Balaban J connectivity index is 1.26. The maximum absolute atomic E-state index is 12.9. The van der Waals surface area contributed by atoms with Gasteiger partial charge in [0.25, 0.3) is 0 Å². The molecule has 3 heterocycles. The van der Waals surface area contributed by atoms with Gasteiger partial charge in [0.05, 0.1) is 23.3 Å². The monoisotopic (exact) mass is 400 g/mol. The average Bonchev–Trinajstić information content (AvgIpc) is 3.48. The van der Waals surface area contributed by atoms with Gasteiger partial charge in [-0.1, -0.05) is 12.1 Å². The number of carbonyl (C=O) groups excluding carboxylic acids is 1. The number of amides is 1. The highest BCUT2D eigenvalue weighted by molar-refractivity contribution is 5.95. The molecule has 2 aromatic heterocycles. The van der Waals surface area contributed by atoms with Crippen LogP contribution in [0.2, 0.25) is 0 Å². The normalized spacial score (nSPS) is 16.9. The van der Waals surface area contributed by atoms with E-state index >= 15 is 0 Å². The fourth-order valence-electron chi connectivity index (χ4n) is 4.13. The lowest BCUT2D eigenvalue weighted by atomic mass is 10.1. The summed E-state index contributed by atoms with van der Waals surface area (Å²) in [4.78, 5) is 23.1. The van der Waals surface area contributed by atoms with E-state index in [2.05, 4.69) is 25.3 Å². The molecule has 1 atom stereocenters. The number of nitrogens with zero attached hydrogens (tertiary/aromatic N) is 4. The molecule has 7 nitrogen and oxygen atoms in total. The molecular weight excluding hydrogens is 376 g/mol. The number of anilines is 1. The number of fused-ring (bicyclic) bond motifs is 1. The highest BCUT2D eigenvalue weighted by Crippen LogP contribution is 2.24. The minimum absolute atomic E-state index is 0.0490. The van der Waals surface area contributed by atoms with Crippen LogP contribution in [0.4, 0.5) is 5.69 Å². The average molecular weight is 400 g/mol. The van der Waals surface area contributed by atoms with Gasteiger partial charge in [0, 0.05) is 36.6 Å². The Labute approximate surface area is 174 Å². The Hall–Kier alpha value is -3.45. The zero-order valence-electron chi connectivity index (χ0n) is 16.9. The first kappa shape index (κ1) is 18.6. The van der Waals surface area contributed by atoms with Crippen molar-refractivity contribution in [2.45, 2.75) is 25.4 Å². The molecule has 1 aliphatic rings. The number of imidazole rings is 1. The number of hydrogen-bond acceptors (Lipinski definition) is 4. The number of rotatable bonds is 5. The number of aromatic nitrogens is 4. The lowest BCUT2D eigenvalue weighted by molar-refractivity contribution is -0.120. The minimum atomic E-state index is -0.111. The van der Waals surface area contributed by atoms with E-state index in [1.165, 1.54) is 0 Å². The van der Waals surface area contributed by atoms with Crippen molar-refractivity contribution >= 4 is 22.6 Å². The molecule has 0 radical (unpaired) electrons. The van der Waals surface area contributed by atoms with Gasteiger partial charge in [-0.15, -0.1) is 0 Å². The van der Waals surface area contributed by atoms with Gasteiger partial charge in [-0.05, 0) is 55.8 Å². The number of nitrogens with one attached hydrogen (secondary N) is 2. The zero-order valence-corrected chi connectivity index (χ0v) is 16.9. The first-order valence-corrected chi connectivity index (χ1v) is 10.2. The van der Waals surface area contributed by atoms with Gasteiger partial charge in [0.15, 0.2) is 0 Å². The van der Waals surface area contributed by atoms with E-state index in [-0.39, 0.29) is 11.9 Å². The van der Waals surface area contributed by atoms with Crippen LogP contribution in [0.1, 0.15) is 18.4 Å². The number of carbonyl (C=O) groups is 1. The molecule has 7 heteroatoms. The fraction of sp³-hybridized carbons (Fsp3) is 0.261. The van der Waals surface area contributed by atoms with Crippen molar-refractivity contribution in [3.63, 3.8) is 0 Å². The van der Waals surface area contributed by atoms with Crippen molar-refractivity contribution in [1.82, 2.24) is 24.6 Å². The summed E-state index contributed by atoms with van der Waals surface area (Å²) in [6.45, 7) is 1.68. The summed E-state index contributed by atoms with van der Waals surface area (Å²) >= 11 is 0. The number of benzene rings is 2. The quantitative estimate of drug-likeness (QED) is 0.537. The van der Waals surface area contributed by atoms with E-state index in [0.717, 1.165) is 59.6 Å². The third kappa shape index (κ3) is 3.71. The van der Waals surface area contributed by atoms with Crippen LogP contribution in [0.5, 0.6) is 0 Å². The number of H-pyrrole nitrogens is 1. The van der Waals surface area contributed by atoms with E-state index in [1.54, 1.807) is 4.68 Å². The largest absolute Gasteiger partial charge is 0.338 e.